The van der Waals surface area contributed by atoms with Crippen LogP contribution in [-0.2, 0) is 22.4 Å². The Labute approximate surface area is 125 Å². The summed E-state index contributed by atoms with van der Waals surface area (Å²) in [5.74, 6) is 0.292. The fourth-order valence-corrected chi connectivity index (χ4v) is 3.42. The molecule has 0 radical (unpaired) electrons. The van der Waals surface area contributed by atoms with Crippen molar-refractivity contribution in [2.75, 3.05) is 18.5 Å². The minimum atomic E-state index is -0.205. The molecule has 7 nitrogen and oxygen atoms in total. The van der Waals surface area contributed by atoms with E-state index in [0.29, 0.717) is 25.4 Å². The molecule has 3 rings (SSSR count). The maximum absolute atomic E-state index is 11.9. The van der Waals surface area contributed by atoms with Gasteiger partial charge in [-0.3, -0.25) is 4.79 Å². The van der Waals surface area contributed by atoms with Crippen molar-refractivity contribution in [2.45, 2.75) is 32.1 Å². The predicted octanol–water partition coefficient (Wildman–Crippen LogP) is 1.77. The van der Waals surface area contributed by atoms with Crippen molar-refractivity contribution in [1.29, 1.82) is 0 Å². The summed E-state index contributed by atoms with van der Waals surface area (Å²) in [5, 5.41) is 7.82. The highest BCUT2D eigenvalue weighted by atomic mass is 32.1. The summed E-state index contributed by atoms with van der Waals surface area (Å²) in [7, 11) is 0. The smallest absolute Gasteiger partial charge is 0.315 e. The molecule has 1 aliphatic carbocycles. The highest BCUT2D eigenvalue weighted by molar-refractivity contribution is 7.15. The molecule has 2 heterocycles. The summed E-state index contributed by atoms with van der Waals surface area (Å²) < 4.78 is 9.78. The van der Waals surface area contributed by atoms with Crippen LogP contribution in [0.4, 0.5) is 5.13 Å². The third kappa shape index (κ3) is 3.05. The minimum Gasteiger partial charge on any atom is -0.465 e. The summed E-state index contributed by atoms with van der Waals surface area (Å²) in [6.07, 6.45) is 3.68. The van der Waals surface area contributed by atoms with Crippen molar-refractivity contribution in [1.82, 2.24) is 15.1 Å². The van der Waals surface area contributed by atoms with Crippen molar-refractivity contribution in [3.8, 4) is 0 Å². The molecule has 0 spiro atoms. The third-order valence-corrected chi connectivity index (χ3v) is 4.41. The number of nitrogens with one attached hydrogen (secondary N) is 1. The van der Waals surface area contributed by atoms with Crippen LogP contribution in [0.5, 0.6) is 0 Å². The van der Waals surface area contributed by atoms with E-state index < -0.39 is 0 Å². The van der Waals surface area contributed by atoms with Gasteiger partial charge in [-0.1, -0.05) is 5.16 Å². The second kappa shape index (κ2) is 6.21. The first-order valence-corrected chi connectivity index (χ1v) is 7.75. The van der Waals surface area contributed by atoms with E-state index in [1.54, 1.807) is 11.3 Å². The lowest BCUT2D eigenvalue weighted by atomic mass is 10.1. The van der Waals surface area contributed by atoms with Gasteiger partial charge >= 0.3 is 5.97 Å². The van der Waals surface area contributed by atoms with Crippen LogP contribution in [0.25, 0.3) is 0 Å². The topological polar surface area (TPSA) is 90.1 Å². The molecule has 0 fully saturated rings. The van der Waals surface area contributed by atoms with Gasteiger partial charge in [-0.05, 0) is 19.8 Å². The highest BCUT2D eigenvalue weighted by Gasteiger charge is 2.33. The van der Waals surface area contributed by atoms with Crippen LogP contribution < -0.4 is 5.32 Å². The lowest BCUT2D eigenvalue weighted by molar-refractivity contribution is -0.145. The van der Waals surface area contributed by atoms with Gasteiger partial charge in [-0.15, -0.1) is 11.3 Å². The lowest BCUT2D eigenvalue weighted by Gasteiger charge is -2.07. The minimum absolute atomic E-state index is 0.167. The largest absolute Gasteiger partial charge is 0.465 e. The van der Waals surface area contributed by atoms with Gasteiger partial charge in [0, 0.05) is 17.8 Å². The molecule has 0 amide bonds. The Morgan fingerprint density at radius 2 is 2.52 bits per heavy atom. The number of hydrogen-bond donors (Lipinski definition) is 1. The Hall–Kier alpha value is -1.96. The molecule has 1 unspecified atom stereocenters. The molecule has 8 heteroatoms. The fourth-order valence-electron chi connectivity index (χ4n) is 2.36. The predicted molar refractivity (Wildman–Crippen MR) is 76.3 cm³/mol. The molecule has 2 aromatic heterocycles. The number of fused-ring (bicyclic) bond motifs is 1. The van der Waals surface area contributed by atoms with E-state index in [1.807, 2.05) is 6.92 Å². The summed E-state index contributed by atoms with van der Waals surface area (Å²) in [6.45, 7) is 2.90. The number of anilines is 1. The summed E-state index contributed by atoms with van der Waals surface area (Å²) >= 11 is 1.60. The maximum Gasteiger partial charge on any atom is 0.315 e. The molecule has 0 aliphatic heterocycles. The Morgan fingerprint density at radius 3 is 3.29 bits per heavy atom. The van der Waals surface area contributed by atoms with Gasteiger partial charge in [0.25, 0.3) is 0 Å². The summed E-state index contributed by atoms with van der Waals surface area (Å²) in [5.41, 5.74) is 0.875. The average Bonchev–Trinajstić information content (AvgIpc) is 3.14. The Bertz CT molecular complexity index is 611. The van der Waals surface area contributed by atoms with Crippen LogP contribution in [0.2, 0.25) is 0 Å². The van der Waals surface area contributed by atoms with E-state index in [-0.39, 0.29) is 11.9 Å². The van der Waals surface area contributed by atoms with E-state index in [1.165, 1.54) is 11.3 Å². The van der Waals surface area contributed by atoms with Crippen LogP contribution in [0.15, 0.2) is 10.9 Å². The van der Waals surface area contributed by atoms with Gasteiger partial charge < -0.3 is 14.6 Å². The number of esters is 1. The van der Waals surface area contributed by atoms with Gasteiger partial charge in [0.1, 0.15) is 5.92 Å². The molecular weight excluding hydrogens is 292 g/mol. The molecule has 112 valence electrons. The van der Waals surface area contributed by atoms with Crippen molar-refractivity contribution < 1.29 is 14.1 Å². The molecule has 0 saturated carbocycles. The molecule has 1 aliphatic rings. The molecule has 0 aromatic carbocycles. The van der Waals surface area contributed by atoms with Crippen molar-refractivity contribution >= 4 is 22.4 Å². The van der Waals surface area contributed by atoms with Crippen LogP contribution in [0.3, 0.4) is 0 Å². The fraction of sp³-hybridized carbons (Fsp3) is 0.538. The number of carbonyl (C=O) groups is 1. The second-order valence-electron chi connectivity index (χ2n) is 4.69. The van der Waals surface area contributed by atoms with Gasteiger partial charge in [-0.2, -0.15) is 4.98 Å². The number of aryl methyl sites for hydroxylation is 1. The second-order valence-corrected chi connectivity index (χ2v) is 5.78. The molecule has 0 saturated heterocycles. The number of nitrogens with zero attached hydrogens (tertiary/aromatic N) is 3. The number of aromatic nitrogens is 3. The zero-order chi connectivity index (χ0) is 14.7. The van der Waals surface area contributed by atoms with Crippen LogP contribution in [0, 0.1) is 0 Å². The van der Waals surface area contributed by atoms with Crippen molar-refractivity contribution in [2.24, 2.45) is 0 Å². The van der Waals surface area contributed by atoms with Gasteiger partial charge in [-0.25, -0.2) is 4.98 Å². The number of hydrogen-bond acceptors (Lipinski definition) is 8. The van der Waals surface area contributed by atoms with Gasteiger partial charge in [0.2, 0.25) is 6.39 Å². The van der Waals surface area contributed by atoms with E-state index in [9.17, 15) is 4.79 Å². The number of carbonyl (C=O) groups excluding carboxylic acids is 1. The first kappa shape index (κ1) is 14.0. The maximum atomic E-state index is 11.9. The van der Waals surface area contributed by atoms with Crippen LogP contribution >= 0.6 is 11.3 Å². The molecule has 21 heavy (non-hydrogen) atoms. The molecule has 0 bridgehead atoms. The SMILES string of the molecule is CCOC(=O)C1CCc2sc(NCCc3ncon3)nc21. The van der Waals surface area contributed by atoms with Gasteiger partial charge in [0.15, 0.2) is 11.0 Å². The Kier molecular flexibility index (Phi) is 4.14. The van der Waals surface area contributed by atoms with Crippen molar-refractivity contribution in [3.05, 3.63) is 22.8 Å². The normalized spacial score (nSPS) is 16.7. The molecule has 1 atom stereocenters. The number of ether oxygens (including phenoxy) is 1. The standard InChI is InChI=1S/C13H16N4O3S/c1-2-19-12(18)8-3-4-9-11(8)16-13(21-9)14-6-5-10-15-7-20-17-10/h7-8H,2-6H2,1H3,(H,14,16). The van der Waals surface area contributed by atoms with E-state index >= 15 is 0 Å². The summed E-state index contributed by atoms with van der Waals surface area (Å²) in [6, 6.07) is 0. The van der Waals surface area contributed by atoms with Gasteiger partial charge in [0.05, 0.1) is 12.3 Å². The van der Waals surface area contributed by atoms with Crippen LogP contribution in [0.1, 0.15) is 35.7 Å². The zero-order valence-corrected chi connectivity index (χ0v) is 12.5. The monoisotopic (exact) mass is 308 g/mol. The highest BCUT2D eigenvalue weighted by Crippen LogP contribution is 2.38. The van der Waals surface area contributed by atoms with E-state index in [0.717, 1.165) is 23.7 Å². The van der Waals surface area contributed by atoms with E-state index in [2.05, 4.69) is 25.0 Å². The first-order chi connectivity index (χ1) is 10.3. The van der Waals surface area contributed by atoms with E-state index in [4.69, 9.17) is 4.74 Å². The van der Waals surface area contributed by atoms with Crippen molar-refractivity contribution in [3.63, 3.8) is 0 Å². The third-order valence-electron chi connectivity index (χ3n) is 3.32. The van der Waals surface area contributed by atoms with Crippen LogP contribution in [-0.4, -0.2) is 34.2 Å². The lowest BCUT2D eigenvalue weighted by Crippen LogP contribution is -2.14. The Balaban J connectivity index is 1.59. The molecular formula is C13H16N4O3S. The Morgan fingerprint density at radius 1 is 1.62 bits per heavy atom. The summed E-state index contributed by atoms with van der Waals surface area (Å²) in [4.78, 5) is 21.6. The molecule has 2 aromatic rings. The zero-order valence-electron chi connectivity index (χ0n) is 11.7. The number of rotatable bonds is 6. The molecule has 1 N–H and O–H groups in total. The number of thiazole rings is 1. The first-order valence-electron chi connectivity index (χ1n) is 6.93. The average molecular weight is 308 g/mol. The quantitative estimate of drug-likeness (QED) is 0.813.